The van der Waals surface area contributed by atoms with Crippen molar-refractivity contribution in [2.45, 2.75) is 6.04 Å². The van der Waals surface area contributed by atoms with Crippen LogP contribution in [0.1, 0.15) is 11.6 Å². The summed E-state index contributed by atoms with van der Waals surface area (Å²) < 4.78 is 0. The fraction of sp³-hybridized carbons (Fsp3) is 0.158. The van der Waals surface area contributed by atoms with Crippen LogP contribution in [0.2, 0.25) is 0 Å². The Bertz CT molecular complexity index is 771. The smallest absolute Gasteiger partial charge is 0.0529 e. The highest BCUT2D eigenvalue weighted by Gasteiger charge is 2.13. The average molecular weight is 261 g/mol. The monoisotopic (exact) mass is 261 g/mol. The summed E-state index contributed by atoms with van der Waals surface area (Å²) in [5.41, 5.74) is 1.31. The fourth-order valence-electron chi connectivity index (χ4n) is 2.94. The second-order valence-corrected chi connectivity index (χ2v) is 5.37. The maximum absolute atomic E-state index is 3.99. The van der Waals surface area contributed by atoms with Gasteiger partial charge in [-0.1, -0.05) is 60.7 Å². The highest BCUT2D eigenvalue weighted by Crippen LogP contribution is 2.32. The van der Waals surface area contributed by atoms with Crippen LogP contribution in [0.3, 0.4) is 0 Å². The minimum atomic E-state index is 0.236. The summed E-state index contributed by atoms with van der Waals surface area (Å²) >= 11 is 0. The molecule has 1 atom stereocenters. The molecular weight excluding hydrogens is 242 g/mol. The van der Waals surface area contributed by atoms with Gasteiger partial charge in [0.2, 0.25) is 0 Å². The Hall–Kier alpha value is -2.12. The highest BCUT2D eigenvalue weighted by molar-refractivity contribution is 6.08. The van der Waals surface area contributed by atoms with Gasteiger partial charge in [-0.25, -0.2) is 0 Å². The van der Waals surface area contributed by atoms with E-state index < -0.39 is 0 Å². The van der Waals surface area contributed by atoms with E-state index >= 15 is 0 Å². The van der Waals surface area contributed by atoms with Crippen LogP contribution in [0.5, 0.6) is 0 Å². The first-order chi connectivity index (χ1) is 9.72. The quantitative estimate of drug-likeness (QED) is 0.484. The maximum Gasteiger partial charge on any atom is 0.0529 e. The zero-order valence-electron chi connectivity index (χ0n) is 12.0. The van der Waals surface area contributed by atoms with E-state index in [-0.39, 0.29) is 6.04 Å². The van der Waals surface area contributed by atoms with Crippen LogP contribution in [-0.2, 0) is 0 Å². The third-order valence-corrected chi connectivity index (χ3v) is 3.92. The van der Waals surface area contributed by atoms with Gasteiger partial charge >= 0.3 is 0 Å². The van der Waals surface area contributed by atoms with Gasteiger partial charge in [0.25, 0.3) is 0 Å². The molecule has 20 heavy (non-hydrogen) atoms. The Morgan fingerprint density at radius 3 is 2.35 bits per heavy atom. The molecule has 0 N–H and O–H groups in total. The molecule has 3 aromatic rings. The van der Waals surface area contributed by atoms with Crippen LogP contribution in [0.25, 0.3) is 21.5 Å². The summed E-state index contributed by atoms with van der Waals surface area (Å²) in [4.78, 5) is 2.19. The van der Waals surface area contributed by atoms with Crippen molar-refractivity contribution in [2.24, 2.45) is 0 Å². The third kappa shape index (κ3) is 2.00. The van der Waals surface area contributed by atoms with Crippen molar-refractivity contribution in [2.75, 3.05) is 14.1 Å². The number of rotatable bonds is 3. The number of benzene rings is 3. The molecule has 0 fully saturated rings. The summed E-state index contributed by atoms with van der Waals surface area (Å²) in [6.45, 7) is 3.99. The summed E-state index contributed by atoms with van der Waals surface area (Å²) in [6, 6.07) is 19.8. The lowest BCUT2D eigenvalue weighted by molar-refractivity contribution is 0.353. The van der Waals surface area contributed by atoms with Gasteiger partial charge in [-0.3, -0.25) is 4.90 Å². The van der Waals surface area contributed by atoms with Crippen molar-refractivity contribution in [3.8, 4) is 0 Å². The van der Waals surface area contributed by atoms with Gasteiger partial charge in [0.15, 0.2) is 0 Å². The third-order valence-electron chi connectivity index (χ3n) is 3.92. The summed E-state index contributed by atoms with van der Waals surface area (Å²) in [5.74, 6) is 0. The standard InChI is InChI=1S/C19H19N/c1-4-19(20(2)3)18-11-7-10-16-15-9-6-5-8-14(15)12-13-17(16)18/h4-13,19H,1H2,2-3H3. The molecule has 0 aliphatic rings. The molecule has 0 radical (unpaired) electrons. The molecule has 1 nitrogen and oxygen atoms in total. The van der Waals surface area contributed by atoms with Crippen molar-refractivity contribution in [3.63, 3.8) is 0 Å². The number of likely N-dealkylation sites (N-methyl/N-ethyl adjacent to an activating group) is 1. The fourth-order valence-corrected chi connectivity index (χ4v) is 2.94. The van der Waals surface area contributed by atoms with Gasteiger partial charge in [-0.15, -0.1) is 6.58 Å². The first kappa shape index (κ1) is 12.9. The van der Waals surface area contributed by atoms with Crippen molar-refractivity contribution in [1.29, 1.82) is 0 Å². The van der Waals surface area contributed by atoms with Crippen LogP contribution >= 0.6 is 0 Å². The largest absolute Gasteiger partial charge is 0.299 e. The predicted octanol–water partition coefficient (Wildman–Crippen LogP) is 4.78. The Morgan fingerprint density at radius 1 is 0.850 bits per heavy atom. The molecule has 0 amide bonds. The lowest BCUT2D eigenvalue weighted by Crippen LogP contribution is -2.17. The van der Waals surface area contributed by atoms with E-state index in [2.05, 4.69) is 80.2 Å². The number of hydrogen-bond acceptors (Lipinski definition) is 1. The molecule has 3 aromatic carbocycles. The Morgan fingerprint density at radius 2 is 1.60 bits per heavy atom. The molecule has 0 bridgehead atoms. The average Bonchev–Trinajstić information content (AvgIpc) is 2.47. The summed E-state index contributed by atoms with van der Waals surface area (Å²) in [6.07, 6.45) is 2.00. The van der Waals surface area contributed by atoms with Crippen LogP contribution < -0.4 is 0 Å². The van der Waals surface area contributed by atoms with Crippen LogP contribution in [0, 0.1) is 0 Å². The minimum Gasteiger partial charge on any atom is -0.299 e. The van der Waals surface area contributed by atoms with Crippen molar-refractivity contribution in [3.05, 3.63) is 72.8 Å². The molecule has 1 heteroatoms. The predicted molar refractivity (Wildman–Crippen MR) is 88.1 cm³/mol. The molecule has 0 heterocycles. The van der Waals surface area contributed by atoms with E-state index in [4.69, 9.17) is 0 Å². The Kier molecular flexibility index (Phi) is 3.29. The van der Waals surface area contributed by atoms with Gasteiger partial charge in [0, 0.05) is 0 Å². The number of fused-ring (bicyclic) bond motifs is 3. The zero-order chi connectivity index (χ0) is 14.1. The Labute approximate surface area is 120 Å². The SMILES string of the molecule is C=CC(c1cccc2c1ccc1ccccc12)N(C)C. The maximum atomic E-state index is 3.99. The van der Waals surface area contributed by atoms with Gasteiger partial charge in [0.05, 0.1) is 6.04 Å². The molecule has 100 valence electrons. The van der Waals surface area contributed by atoms with Crippen molar-refractivity contribution in [1.82, 2.24) is 4.90 Å². The van der Waals surface area contributed by atoms with Crippen LogP contribution in [-0.4, -0.2) is 19.0 Å². The van der Waals surface area contributed by atoms with Gasteiger partial charge in [0.1, 0.15) is 0 Å². The molecule has 0 aliphatic heterocycles. The van der Waals surface area contributed by atoms with Gasteiger partial charge < -0.3 is 0 Å². The van der Waals surface area contributed by atoms with E-state index in [1.807, 2.05) is 6.08 Å². The Balaban J connectivity index is 2.35. The van der Waals surface area contributed by atoms with E-state index in [1.165, 1.54) is 27.1 Å². The molecule has 0 aliphatic carbocycles. The zero-order valence-corrected chi connectivity index (χ0v) is 12.0. The van der Waals surface area contributed by atoms with E-state index in [0.717, 1.165) is 0 Å². The molecule has 3 rings (SSSR count). The van der Waals surface area contributed by atoms with E-state index in [9.17, 15) is 0 Å². The minimum absolute atomic E-state index is 0.236. The lowest BCUT2D eigenvalue weighted by atomic mass is 9.94. The summed E-state index contributed by atoms with van der Waals surface area (Å²) in [5, 5.41) is 5.23. The van der Waals surface area contributed by atoms with Gasteiger partial charge in [-0.2, -0.15) is 0 Å². The molecule has 0 saturated heterocycles. The van der Waals surface area contributed by atoms with E-state index in [0.29, 0.717) is 0 Å². The first-order valence-electron chi connectivity index (χ1n) is 6.91. The van der Waals surface area contributed by atoms with Crippen LogP contribution in [0.15, 0.2) is 67.3 Å². The highest BCUT2D eigenvalue weighted by atomic mass is 15.1. The van der Waals surface area contributed by atoms with Crippen LogP contribution in [0.4, 0.5) is 0 Å². The molecular formula is C19H19N. The summed E-state index contributed by atoms with van der Waals surface area (Å²) in [7, 11) is 4.18. The topological polar surface area (TPSA) is 3.24 Å². The molecule has 1 unspecified atom stereocenters. The normalized spacial score (nSPS) is 12.9. The molecule has 0 aromatic heterocycles. The number of hydrogen-bond donors (Lipinski definition) is 0. The second kappa shape index (κ2) is 5.10. The van der Waals surface area contributed by atoms with Gasteiger partial charge in [-0.05, 0) is 41.2 Å². The first-order valence-corrected chi connectivity index (χ1v) is 6.91. The van der Waals surface area contributed by atoms with Crippen molar-refractivity contribution < 1.29 is 0 Å². The van der Waals surface area contributed by atoms with Crippen molar-refractivity contribution >= 4 is 21.5 Å². The molecule has 0 saturated carbocycles. The number of nitrogens with zero attached hydrogens (tertiary/aromatic N) is 1. The second-order valence-electron chi connectivity index (χ2n) is 5.37. The molecule has 0 spiro atoms. The van der Waals surface area contributed by atoms with E-state index in [1.54, 1.807) is 0 Å². The lowest BCUT2D eigenvalue weighted by Gasteiger charge is -2.23.